The van der Waals surface area contributed by atoms with Gasteiger partial charge in [0.1, 0.15) is 0 Å². The third-order valence-corrected chi connectivity index (χ3v) is 4.12. The number of urea groups is 1. The minimum Gasteiger partial charge on any atom is -0.481 e. The maximum Gasteiger partial charge on any atom is 0.320 e. The Balaban J connectivity index is 2.69. The zero-order valence-corrected chi connectivity index (χ0v) is 11.9. The molecule has 1 aliphatic heterocycles. The Morgan fingerprint density at radius 2 is 2.32 bits per heavy atom. The molecule has 0 aromatic heterocycles. The quantitative estimate of drug-likeness (QED) is 0.821. The normalized spacial score (nSPS) is 18.7. The van der Waals surface area contributed by atoms with Crippen LogP contribution in [0.1, 0.15) is 19.8 Å². The van der Waals surface area contributed by atoms with Gasteiger partial charge in [0, 0.05) is 31.1 Å². The summed E-state index contributed by atoms with van der Waals surface area (Å²) in [6, 6.07) is 1.62. The summed E-state index contributed by atoms with van der Waals surface area (Å²) in [4.78, 5) is 26.5. The van der Waals surface area contributed by atoms with E-state index in [4.69, 9.17) is 10.4 Å². The fourth-order valence-electron chi connectivity index (χ4n) is 2.03. The maximum atomic E-state index is 12.4. The van der Waals surface area contributed by atoms with E-state index in [1.165, 1.54) is 0 Å². The van der Waals surface area contributed by atoms with Crippen molar-refractivity contribution in [1.82, 2.24) is 9.80 Å². The van der Waals surface area contributed by atoms with Crippen LogP contribution in [0.5, 0.6) is 0 Å². The van der Waals surface area contributed by atoms with E-state index >= 15 is 0 Å². The highest BCUT2D eigenvalue weighted by Gasteiger charge is 2.31. The van der Waals surface area contributed by atoms with Crippen molar-refractivity contribution in [3.8, 4) is 6.07 Å². The number of rotatable bonds is 5. The number of nitriles is 1. The van der Waals surface area contributed by atoms with Crippen LogP contribution >= 0.6 is 11.8 Å². The van der Waals surface area contributed by atoms with Crippen LogP contribution in [0.3, 0.4) is 0 Å². The van der Waals surface area contributed by atoms with E-state index in [0.29, 0.717) is 31.8 Å². The van der Waals surface area contributed by atoms with E-state index < -0.39 is 5.97 Å². The Labute approximate surface area is 117 Å². The summed E-state index contributed by atoms with van der Waals surface area (Å²) in [6.45, 7) is 3.36. The van der Waals surface area contributed by atoms with E-state index in [2.05, 4.69) is 0 Å². The van der Waals surface area contributed by atoms with Gasteiger partial charge in [0.15, 0.2) is 0 Å². The molecule has 1 rings (SSSR count). The van der Waals surface area contributed by atoms with Gasteiger partial charge >= 0.3 is 12.0 Å². The number of nitrogens with zero attached hydrogens (tertiary/aromatic N) is 3. The minimum atomic E-state index is -0.884. The zero-order valence-electron chi connectivity index (χ0n) is 11.0. The molecule has 0 aromatic carbocycles. The lowest BCUT2D eigenvalue weighted by Gasteiger charge is -2.37. The molecule has 106 valence electrons. The SMILES string of the molecule is CCN(CCC#N)C(=O)N1CCSCC1CC(=O)O. The molecule has 1 unspecified atom stereocenters. The molecule has 0 bridgehead atoms. The van der Waals surface area contributed by atoms with Crippen molar-refractivity contribution >= 4 is 23.8 Å². The van der Waals surface area contributed by atoms with Gasteiger partial charge in [0.2, 0.25) is 0 Å². The number of carbonyl (C=O) groups is 2. The minimum absolute atomic E-state index is 0.0193. The second-order valence-electron chi connectivity index (χ2n) is 4.29. The number of carboxylic acids is 1. The fourth-order valence-corrected chi connectivity index (χ4v) is 3.10. The summed E-state index contributed by atoms with van der Waals surface area (Å²) in [5, 5.41) is 17.5. The third-order valence-electron chi connectivity index (χ3n) is 3.03. The molecule has 1 N–H and O–H groups in total. The van der Waals surface area contributed by atoms with Crippen LogP contribution in [0.25, 0.3) is 0 Å². The van der Waals surface area contributed by atoms with Crippen molar-refractivity contribution in [3.63, 3.8) is 0 Å². The molecule has 1 saturated heterocycles. The molecule has 1 aliphatic rings. The van der Waals surface area contributed by atoms with Crippen molar-refractivity contribution in [2.24, 2.45) is 0 Å². The lowest BCUT2D eigenvalue weighted by molar-refractivity contribution is -0.138. The lowest BCUT2D eigenvalue weighted by Crippen LogP contribution is -2.52. The highest BCUT2D eigenvalue weighted by molar-refractivity contribution is 7.99. The van der Waals surface area contributed by atoms with Gasteiger partial charge in [-0.1, -0.05) is 0 Å². The molecule has 0 spiro atoms. The van der Waals surface area contributed by atoms with Crippen LogP contribution < -0.4 is 0 Å². The Hall–Kier alpha value is -1.42. The monoisotopic (exact) mass is 285 g/mol. The van der Waals surface area contributed by atoms with Gasteiger partial charge < -0.3 is 14.9 Å². The molecular weight excluding hydrogens is 266 g/mol. The molecular formula is C12H19N3O3S. The van der Waals surface area contributed by atoms with Crippen molar-refractivity contribution in [1.29, 1.82) is 5.26 Å². The lowest BCUT2D eigenvalue weighted by atomic mass is 10.2. The summed E-state index contributed by atoms with van der Waals surface area (Å²) >= 11 is 1.68. The first kappa shape index (κ1) is 15.6. The van der Waals surface area contributed by atoms with Crippen molar-refractivity contribution in [2.45, 2.75) is 25.8 Å². The molecule has 1 atom stereocenters. The van der Waals surface area contributed by atoms with Gasteiger partial charge in [-0.15, -0.1) is 0 Å². The fraction of sp³-hybridized carbons (Fsp3) is 0.750. The predicted octanol–water partition coefficient (Wildman–Crippen LogP) is 1.23. The number of hydrogen-bond donors (Lipinski definition) is 1. The molecule has 0 radical (unpaired) electrons. The molecule has 0 aromatic rings. The van der Waals surface area contributed by atoms with Crippen LogP contribution in [-0.2, 0) is 4.79 Å². The first-order chi connectivity index (χ1) is 9.10. The summed E-state index contributed by atoms with van der Waals surface area (Å²) in [5.74, 6) is 0.608. The molecule has 1 fully saturated rings. The first-order valence-electron chi connectivity index (χ1n) is 6.32. The Morgan fingerprint density at radius 1 is 1.58 bits per heavy atom. The molecule has 0 aliphatic carbocycles. The number of thioether (sulfide) groups is 1. The van der Waals surface area contributed by atoms with E-state index in [-0.39, 0.29) is 18.5 Å². The van der Waals surface area contributed by atoms with Crippen LogP contribution in [0.2, 0.25) is 0 Å². The number of aliphatic carboxylic acids is 1. The van der Waals surface area contributed by atoms with E-state index in [9.17, 15) is 9.59 Å². The van der Waals surface area contributed by atoms with Gasteiger partial charge in [-0.3, -0.25) is 4.79 Å². The average Bonchev–Trinajstić information content (AvgIpc) is 2.39. The van der Waals surface area contributed by atoms with Gasteiger partial charge in [-0.05, 0) is 6.92 Å². The van der Waals surface area contributed by atoms with Crippen molar-refractivity contribution in [2.75, 3.05) is 31.1 Å². The largest absolute Gasteiger partial charge is 0.481 e. The number of carbonyl (C=O) groups excluding carboxylic acids is 1. The average molecular weight is 285 g/mol. The Kier molecular flexibility index (Phi) is 6.50. The molecule has 6 nitrogen and oxygen atoms in total. The first-order valence-corrected chi connectivity index (χ1v) is 7.47. The van der Waals surface area contributed by atoms with Crippen LogP contribution in [0.4, 0.5) is 4.79 Å². The van der Waals surface area contributed by atoms with E-state index in [1.807, 2.05) is 13.0 Å². The van der Waals surface area contributed by atoms with Gasteiger partial charge in [0.25, 0.3) is 0 Å². The summed E-state index contributed by atoms with van der Waals surface area (Å²) < 4.78 is 0. The highest BCUT2D eigenvalue weighted by atomic mass is 32.2. The Morgan fingerprint density at radius 3 is 2.89 bits per heavy atom. The van der Waals surface area contributed by atoms with Crippen LogP contribution in [0.15, 0.2) is 0 Å². The van der Waals surface area contributed by atoms with Gasteiger partial charge in [0.05, 0.1) is 25.0 Å². The second-order valence-corrected chi connectivity index (χ2v) is 5.44. The summed E-state index contributed by atoms with van der Waals surface area (Å²) in [7, 11) is 0. The van der Waals surface area contributed by atoms with Gasteiger partial charge in [-0.25, -0.2) is 4.79 Å². The predicted molar refractivity (Wildman–Crippen MR) is 72.9 cm³/mol. The van der Waals surface area contributed by atoms with Crippen LogP contribution in [0, 0.1) is 11.3 Å². The molecule has 1 heterocycles. The number of carboxylic acid groups (broad SMARTS) is 1. The van der Waals surface area contributed by atoms with Crippen LogP contribution in [-0.4, -0.2) is 64.1 Å². The zero-order chi connectivity index (χ0) is 14.3. The number of amides is 2. The standard InChI is InChI=1S/C12H19N3O3S/c1-2-14(5-3-4-13)12(18)15-6-7-19-9-10(15)8-11(16)17/h10H,2-3,5-9H2,1H3,(H,16,17). The smallest absolute Gasteiger partial charge is 0.320 e. The topological polar surface area (TPSA) is 84.6 Å². The summed E-state index contributed by atoms with van der Waals surface area (Å²) in [5.41, 5.74) is 0. The van der Waals surface area contributed by atoms with Gasteiger partial charge in [-0.2, -0.15) is 17.0 Å². The number of hydrogen-bond acceptors (Lipinski definition) is 4. The molecule has 0 saturated carbocycles. The van der Waals surface area contributed by atoms with Crippen molar-refractivity contribution in [3.05, 3.63) is 0 Å². The van der Waals surface area contributed by atoms with E-state index in [1.54, 1.807) is 21.6 Å². The molecule has 19 heavy (non-hydrogen) atoms. The summed E-state index contributed by atoms with van der Waals surface area (Å²) in [6.07, 6.45) is 0.278. The second kappa shape index (κ2) is 7.89. The van der Waals surface area contributed by atoms with Crippen molar-refractivity contribution < 1.29 is 14.7 Å². The van der Waals surface area contributed by atoms with E-state index in [0.717, 1.165) is 5.75 Å². The molecule has 2 amide bonds. The Bertz CT molecular complexity index is 370. The third kappa shape index (κ3) is 4.63. The maximum absolute atomic E-state index is 12.4. The highest BCUT2D eigenvalue weighted by Crippen LogP contribution is 2.20. The molecule has 7 heteroatoms.